The first-order valence-electron chi connectivity index (χ1n) is 11.6. The van der Waals surface area contributed by atoms with Gasteiger partial charge in [0.1, 0.15) is 17.6 Å². The van der Waals surface area contributed by atoms with E-state index >= 15 is 0 Å². The zero-order chi connectivity index (χ0) is 26.5. The molecule has 0 unspecified atom stereocenters. The maximum Gasteiger partial charge on any atom is 0.257 e. The second-order valence-corrected chi connectivity index (χ2v) is 8.43. The minimum absolute atomic E-state index is 0.0930. The number of imide groups is 1. The summed E-state index contributed by atoms with van der Waals surface area (Å²) in [6, 6.07) is 16.1. The number of hydrogen-bond acceptors (Lipinski definition) is 6. The molecule has 0 N–H and O–H groups in total. The van der Waals surface area contributed by atoms with Gasteiger partial charge in [0.2, 0.25) is 5.91 Å². The van der Waals surface area contributed by atoms with Crippen molar-refractivity contribution >= 4 is 23.4 Å². The quantitative estimate of drug-likeness (QED) is 0.410. The lowest BCUT2D eigenvalue weighted by molar-refractivity contribution is -0.122. The van der Waals surface area contributed by atoms with E-state index in [-0.39, 0.29) is 18.5 Å². The third kappa shape index (κ3) is 5.40. The molecule has 0 spiro atoms. The van der Waals surface area contributed by atoms with E-state index in [1.54, 1.807) is 36.4 Å². The van der Waals surface area contributed by atoms with Crippen LogP contribution >= 0.6 is 0 Å². The Morgan fingerprint density at radius 3 is 2.32 bits per heavy atom. The minimum atomic E-state index is -1.04. The summed E-state index contributed by atoms with van der Waals surface area (Å²) in [6.45, 7) is 0.116. The first-order chi connectivity index (χ1) is 17.9. The molecule has 3 aromatic carbocycles. The van der Waals surface area contributed by atoms with Crippen molar-refractivity contribution in [3.8, 4) is 17.2 Å². The van der Waals surface area contributed by atoms with Crippen molar-refractivity contribution in [3.63, 3.8) is 0 Å². The molecule has 0 aromatic heterocycles. The molecule has 9 heteroatoms. The van der Waals surface area contributed by atoms with Crippen molar-refractivity contribution in [1.82, 2.24) is 4.90 Å². The van der Waals surface area contributed by atoms with Crippen LogP contribution in [0.5, 0.6) is 17.2 Å². The highest BCUT2D eigenvalue weighted by molar-refractivity contribution is 6.23. The van der Waals surface area contributed by atoms with Gasteiger partial charge in [-0.3, -0.25) is 14.4 Å². The molecule has 0 saturated carbocycles. The zero-order valence-electron chi connectivity index (χ0n) is 20.8. The van der Waals surface area contributed by atoms with Crippen LogP contribution < -0.4 is 19.1 Å². The molecule has 192 valence electrons. The lowest BCUT2D eigenvalue weighted by Crippen LogP contribution is -2.46. The highest BCUT2D eigenvalue weighted by Crippen LogP contribution is 2.30. The third-order valence-corrected chi connectivity index (χ3v) is 6.25. The highest BCUT2D eigenvalue weighted by Gasteiger charge is 2.44. The molecule has 0 aliphatic carbocycles. The van der Waals surface area contributed by atoms with Gasteiger partial charge in [0, 0.05) is 12.1 Å². The molecule has 37 heavy (non-hydrogen) atoms. The maximum atomic E-state index is 13.9. The molecule has 3 amide bonds. The van der Waals surface area contributed by atoms with Gasteiger partial charge in [-0.2, -0.15) is 0 Å². The van der Waals surface area contributed by atoms with Crippen LogP contribution in [0.15, 0.2) is 66.7 Å². The monoisotopic (exact) mass is 506 g/mol. The minimum Gasteiger partial charge on any atom is -0.497 e. The smallest absolute Gasteiger partial charge is 0.257 e. The van der Waals surface area contributed by atoms with E-state index in [4.69, 9.17) is 14.2 Å². The predicted molar refractivity (Wildman–Crippen MR) is 135 cm³/mol. The van der Waals surface area contributed by atoms with E-state index < -0.39 is 29.6 Å². The van der Waals surface area contributed by atoms with Gasteiger partial charge in [-0.1, -0.05) is 12.1 Å². The molecule has 0 bridgehead atoms. The Kier molecular flexibility index (Phi) is 7.71. The van der Waals surface area contributed by atoms with E-state index in [0.717, 1.165) is 16.5 Å². The largest absolute Gasteiger partial charge is 0.497 e. The summed E-state index contributed by atoms with van der Waals surface area (Å²) in [5.74, 6) is -0.388. The van der Waals surface area contributed by atoms with Gasteiger partial charge in [-0.15, -0.1) is 0 Å². The number of ether oxygens (including phenoxy) is 3. The molecular weight excluding hydrogens is 479 g/mol. The Bertz CT molecular complexity index is 1310. The Labute approximate surface area is 214 Å². The molecule has 1 saturated heterocycles. The standard InChI is InChI=1S/C28H27FN2O6/c1-35-22-10-8-21(9-11-22)31-26(32)17-23(28(31)34)30(27(33)19-5-4-6-20(29)16-19)14-13-18-7-12-24(36-2)25(15-18)37-3/h4-12,15-16,23H,13-14,17H2,1-3H3/t23-/m0/s1. The molecule has 4 rings (SSSR count). The fourth-order valence-corrected chi connectivity index (χ4v) is 4.33. The van der Waals surface area contributed by atoms with Crippen molar-refractivity contribution in [2.24, 2.45) is 0 Å². The number of rotatable bonds is 9. The van der Waals surface area contributed by atoms with Gasteiger partial charge in [-0.25, -0.2) is 9.29 Å². The van der Waals surface area contributed by atoms with Crippen LogP contribution in [0, 0.1) is 5.82 Å². The molecular formula is C28H27FN2O6. The normalized spacial score (nSPS) is 15.0. The van der Waals surface area contributed by atoms with Gasteiger partial charge in [-0.05, 0) is 66.6 Å². The van der Waals surface area contributed by atoms with Crippen molar-refractivity contribution in [3.05, 3.63) is 83.7 Å². The number of halogens is 1. The maximum absolute atomic E-state index is 13.9. The summed E-state index contributed by atoms with van der Waals surface area (Å²) >= 11 is 0. The number of methoxy groups -OCH3 is 3. The molecule has 1 fully saturated rings. The molecule has 1 aliphatic heterocycles. The Balaban J connectivity index is 1.63. The van der Waals surface area contributed by atoms with Gasteiger partial charge in [0.05, 0.1) is 33.4 Å². The van der Waals surface area contributed by atoms with Gasteiger partial charge in [0.25, 0.3) is 11.8 Å². The third-order valence-electron chi connectivity index (χ3n) is 6.25. The number of anilines is 1. The number of nitrogens with zero attached hydrogens (tertiary/aromatic N) is 2. The lowest BCUT2D eigenvalue weighted by atomic mass is 10.1. The number of carbonyl (C=O) groups excluding carboxylic acids is 3. The van der Waals surface area contributed by atoms with Crippen molar-refractivity contribution in [1.29, 1.82) is 0 Å². The Hall–Kier alpha value is -4.40. The lowest BCUT2D eigenvalue weighted by Gasteiger charge is -2.28. The SMILES string of the molecule is COc1ccc(N2C(=O)C[C@H](N(CCc3ccc(OC)c(OC)c3)C(=O)c3cccc(F)c3)C2=O)cc1. The first kappa shape index (κ1) is 25.7. The second kappa shape index (κ2) is 11.1. The number of hydrogen-bond donors (Lipinski definition) is 0. The van der Waals surface area contributed by atoms with Crippen LogP contribution in [0.1, 0.15) is 22.3 Å². The Morgan fingerprint density at radius 1 is 0.946 bits per heavy atom. The molecule has 0 radical (unpaired) electrons. The van der Waals surface area contributed by atoms with Crippen LogP contribution in [0.4, 0.5) is 10.1 Å². The van der Waals surface area contributed by atoms with Gasteiger partial charge >= 0.3 is 0 Å². The molecule has 3 aromatic rings. The van der Waals surface area contributed by atoms with Crippen LogP contribution in [0.3, 0.4) is 0 Å². The van der Waals surface area contributed by atoms with Gasteiger partial charge in [0.15, 0.2) is 11.5 Å². The number of amides is 3. The molecule has 1 atom stereocenters. The van der Waals surface area contributed by atoms with Crippen molar-refractivity contribution in [2.75, 3.05) is 32.8 Å². The summed E-state index contributed by atoms with van der Waals surface area (Å²) in [5, 5.41) is 0. The summed E-state index contributed by atoms with van der Waals surface area (Å²) in [5.41, 5.74) is 1.31. The summed E-state index contributed by atoms with van der Waals surface area (Å²) in [6.07, 6.45) is 0.180. The van der Waals surface area contributed by atoms with Crippen molar-refractivity contribution < 1.29 is 33.0 Å². The van der Waals surface area contributed by atoms with Crippen LogP contribution in [0.2, 0.25) is 0 Å². The van der Waals surface area contributed by atoms with Gasteiger partial charge < -0.3 is 19.1 Å². The van der Waals surface area contributed by atoms with E-state index in [9.17, 15) is 18.8 Å². The van der Waals surface area contributed by atoms with Crippen LogP contribution in [0.25, 0.3) is 0 Å². The topological polar surface area (TPSA) is 85.4 Å². The van der Waals surface area contributed by atoms with Crippen molar-refractivity contribution in [2.45, 2.75) is 18.9 Å². The number of carbonyl (C=O) groups is 3. The predicted octanol–water partition coefficient (Wildman–Crippen LogP) is 3.87. The zero-order valence-corrected chi connectivity index (χ0v) is 20.8. The van der Waals surface area contributed by atoms with E-state index in [2.05, 4.69) is 0 Å². The average molecular weight is 507 g/mol. The number of benzene rings is 3. The summed E-state index contributed by atoms with van der Waals surface area (Å²) < 4.78 is 29.7. The fraction of sp³-hybridized carbons (Fsp3) is 0.250. The fourth-order valence-electron chi connectivity index (χ4n) is 4.33. The molecule has 1 heterocycles. The highest BCUT2D eigenvalue weighted by atomic mass is 19.1. The second-order valence-electron chi connectivity index (χ2n) is 8.43. The van der Waals surface area contributed by atoms with E-state index in [0.29, 0.717) is 29.4 Å². The Morgan fingerprint density at radius 2 is 1.68 bits per heavy atom. The average Bonchev–Trinajstić information content (AvgIpc) is 3.21. The van der Waals surface area contributed by atoms with E-state index in [1.165, 1.54) is 44.4 Å². The molecule has 1 aliphatic rings. The van der Waals surface area contributed by atoms with Crippen LogP contribution in [-0.2, 0) is 16.0 Å². The summed E-state index contributed by atoms with van der Waals surface area (Å²) in [4.78, 5) is 42.4. The first-order valence-corrected chi connectivity index (χ1v) is 11.6. The van der Waals surface area contributed by atoms with Crippen LogP contribution in [-0.4, -0.2) is 56.5 Å². The summed E-state index contributed by atoms with van der Waals surface area (Å²) in [7, 11) is 4.58. The molecule has 8 nitrogen and oxygen atoms in total. The van der Waals surface area contributed by atoms with E-state index in [1.807, 2.05) is 6.07 Å².